The molecule has 0 atom stereocenters. The molecule has 1 fully saturated rings. The summed E-state index contributed by atoms with van der Waals surface area (Å²) >= 11 is 0. The van der Waals surface area contributed by atoms with E-state index in [4.69, 9.17) is 0 Å². The fraction of sp³-hybridized carbons (Fsp3) is 0.667. The van der Waals surface area contributed by atoms with Crippen LogP contribution >= 0.6 is 0 Å². The lowest BCUT2D eigenvalue weighted by Crippen LogP contribution is -2.15. The van der Waals surface area contributed by atoms with Crippen LogP contribution in [-0.4, -0.2) is 23.1 Å². The third kappa shape index (κ3) is 2.62. The average molecular weight is 220 g/mol. The lowest BCUT2D eigenvalue weighted by atomic mass is 10.0. The van der Waals surface area contributed by atoms with Gasteiger partial charge in [-0.3, -0.25) is 0 Å². The van der Waals surface area contributed by atoms with Crippen LogP contribution in [0, 0.1) is 5.41 Å². The Morgan fingerprint density at radius 3 is 2.75 bits per heavy atom. The molecular formula is C12H20N4. The van der Waals surface area contributed by atoms with E-state index in [0.29, 0.717) is 11.4 Å². The van der Waals surface area contributed by atoms with E-state index in [1.54, 1.807) is 6.20 Å². The van der Waals surface area contributed by atoms with Crippen molar-refractivity contribution in [3.05, 3.63) is 12.3 Å². The molecule has 4 nitrogen and oxygen atoms in total. The normalized spacial score (nSPS) is 16.9. The zero-order valence-corrected chi connectivity index (χ0v) is 10.1. The molecule has 1 aliphatic carbocycles. The van der Waals surface area contributed by atoms with E-state index in [1.807, 2.05) is 13.0 Å². The van der Waals surface area contributed by atoms with E-state index in [-0.39, 0.29) is 0 Å². The second-order valence-corrected chi connectivity index (χ2v) is 4.50. The Kier molecular flexibility index (Phi) is 3.27. The van der Waals surface area contributed by atoms with E-state index in [9.17, 15) is 0 Å². The van der Waals surface area contributed by atoms with E-state index in [1.165, 1.54) is 19.3 Å². The van der Waals surface area contributed by atoms with Gasteiger partial charge in [0.15, 0.2) is 0 Å². The van der Waals surface area contributed by atoms with Gasteiger partial charge >= 0.3 is 0 Å². The molecule has 1 heterocycles. The van der Waals surface area contributed by atoms with Crippen molar-refractivity contribution in [3.8, 4) is 0 Å². The van der Waals surface area contributed by atoms with Crippen LogP contribution in [0.3, 0.4) is 0 Å². The molecule has 0 unspecified atom stereocenters. The number of nitrogens with one attached hydrogen (secondary N) is 2. The summed E-state index contributed by atoms with van der Waals surface area (Å²) in [6.45, 7) is 6.19. The molecule has 0 radical (unpaired) electrons. The van der Waals surface area contributed by atoms with E-state index in [2.05, 4.69) is 27.5 Å². The summed E-state index contributed by atoms with van der Waals surface area (Å²) in [6.07, 6.45) is 5.74. The summed E-state index contributed by atoms with van der Waals surface area (Å²) in [6, 6.07) is 1.92. The Labute approximate surface area is 96.9 Å². The van der Waals surface area contributed by atoms with Gasteiger partial charge in [-0.1, -0.05) is 6.92 Å². The lowest BCUT2D eigenvalue weighted by Gasteiger charge is -2.14. The molecule has 1 aromatic heterocycles. The summed E-state index contributed by atoms with van der Waals surface area (Å²) in [7, 11) is 0. The maximum absolute atomic E-state index is 4.39. The molecule has 0 amide bonds. The van der Waals surface area contributed by atoms with Crippen molar-refractivity contribution in [1.29, 1.82) is 0 Å². The maximum atomic E-state index is 4.39. The van der Waals surface area contributed by atoms with Gasteiger partial charge in [-0.15, -0.1) is 0 Å². The Balaban J connectivity index is 1.91. The Morgan fingerprint density at radius 1 is 1.31 bits per heavy atom. The monoisotopic (exact) mass is 220 g/mol. The molecule has 0 saturated heterocycles. The largest absolute Gasteiger partial charge is 0.369 e. The van der Waals surface area contributed by atoms with Crippen LogP contribution in [0.2, 0.25) is 0 Å². The van der Waals surface area contributed by atoms with Crippen molar-refractivity contribution < 1.29 is 0 Å². The highest BCUT2D eigenvalue weighted by atomic mass is 15.1. The fourth-order valence-electron chi connectivity index (χ4n) is 1.81. The number of hydrogen-bond acceptors (Lipinski definition) is 4. The van der Waals surface area contributed by atoms with Crippen LogP contribution in [0.25, 0.3) is 0 Å². The third-order valence-electron chi connectivity index (χ3n) is 3.34. The fourth-order valence-corrected chi connectivity index (χ4v) is 1.81. The summed E-state index contributed by atoms with van der Waals surface area (Å²) in [5.74, 6) is 1.62. The molecule has 0 aromatic carbocycles. The van der Waals surface area contributed by atoms with Crippen LogP contribution in [-0.2, 0) is 0 Å². The van der Waals surface area contributed by atoms with E-state index in [0.717, 1.165) is 18.9 Å². The van der Waals surface area contributed by atoms with Gasteiger partial charge in [-0.05, 0) is 37.7 Å². The van der Waals surface area contributed by atoms with Gasteiger partial charge in [0.2, 0.25) is 5.95 Å². The van der Waals surface area contributed by atoms with E-state index >= 15 is 0 Å². The molecule has 0 aliphatic heterocycles. The predicted molar refractivity (Wildman–Crippen MR) is 66.6 cm³/mol. The standard InChI is InChI=1S/C12H20N4/c1-3-12(6-7-12)9-15-10-5-8-14-11(16-10)13-4-2/h5,8H,3-4,6-7,9H2,1-2H3,(H2,13,14,15,16). The van der Waals surface area contributed by atoms with Crippen molar-refractivity contribution in [1.82, 2.24) is 9.97 Å². The maximum Gasteiger partial charge on any atom is 0.224 e. The Hall–Kier alpha value is -1.32. The van der Waals surface area contributed by atoms with Gasteiger partial charge in [0.05, 0.1) is 0 Å². The smallest absolute Gasteiger partial charge is 0.224 e. The van der Waals surface area contributed by atoms with Crippen molar-refractivity contribution in [2.24, 2.45) is 5.41 Å². The molecule has 1 aliphatic rings. The molecule has 4 heteroatoms. The van der Waals surface area contributed by atoms with Gasteiger partial charge in [0, 0.05) is 19.3 Å². The van der Waals surface area contributed by atoms with Gasteiger partial charge in [-0.2, -0.15) is 4.98 Å². The first-order valence-corrected chi connectivity index (χ1v) is 6.09. The van der Waals surface area contributed by atoms with Crippen LogP contribution in [0.5, 0.6) is 0 Å². The summed E-state index contributed by atoms with van der Waals surface area (Å²) in [5.41, 5.74) is 0.545. The van der Waals surface area contributed by atoms with Crippen molar-refractivity contribution in [3.63, 3.8) is 0 Å². The van der Waals surface area contributed by atoms with E-state index < -0.39 is 0 Å². The van der Waals surface area contributed by atoms with Crippen molar-refractivity contribution in [2.75, 3.05) is 23.7 Å². The molecule has 88 valence electrons. The third-order valence-corrected chi connectivity index (χ3v) is 3.34. The van der Waals surface area contributed by atoms with Crippen LogP contribution < -0.4 is 10.6 Å². The molecule has 0 bridgehead atoms. The average Bonchev–Trinajstić information content (AvgIpc) is 3.08. The molecule has 16 heavy (non-hydrogen) atoms. The zero-order chi connectivity index (χ0) is 11.4. The highest BCUT2D eigenvalue weighted by molar-refractivity contribution is 5.39. The molecule has 1 aromatic rings. The first kappa shape index (κ1) is 11.2. The van der Waals surface area contributed by atoms with Crippen molar-refractivity contribution >= 4 is 11.8 Å². The SMILES string of the molecule is CCNc1nccc(NCC2(CC)CC2)n1. The predicted octanol–water partition coefficient (Wildman–Crippen LogP) is 2.51. The summed E-state index contributed by atoms with van der Waals surface area (Å²) < 4.78 is 0. The van der Waals surface area contributed by atoms with Crippen LogP contribution in [0.15, 0.2) is 12.3 Å². The minimum absolute atomic E-state index is 0.545. The van der Waals surface area contributed by atoms with Crippen LogP contribution in [0.1, 0.15) is 33.1 Å². The van der Waals surface area contributed by atoms with Gasteiger partial charge in [-0.25, -0.2) is 4.98 Å². The van der Waals surface area contributed by atoms with Crippen molar-refractivity contribution in [2.45, 2.75) is 33.1 Å². The minimum Gasteiger partial charge on any atom is -0.369 e. The zero-order valence-electron chi connectivity index (χ0n) is 10.1. The number of hydrogen-bond donors (Lipinski definition) is 2. The van der Waals surface area contributed by atoms with Crippen LogP contribution in [0.4, 0.5) is 11.8 Å². The molecule has 2 rings (SSSR count). The number of anilines is 2. The summed E-state index contributed by atoms with van der Waals surface area (Å²) in [4.78, 5) is 8.54. The quantitative estimate of drug-likeness (QED) is 0.773. The first-order chi connectivity index (χ1) is 7.78. The lowest BCUT2D eigenvalue weighted by molar-refractivity contribution is 0.520. The topological polar surface area (TPSA) is 49.8 Å². The van der Waals surface area contributed by atoms with Gasteiger partial charge < -0.3 is 10.6 Å². The highest BCUT2D eigenvalue weighted by Gasteiger charge is 2.40. The highest BCUT2D eigenvalue weighted by Crippen LogP contribution is 2.48. The van der Waals surface area contributed by atoms with Gasteiger partial charge in [0.25, 0.3) is 0 Å². The summed E-state index contributed by atoms with van der Waals surface area (Å²) in [5, 5.41) is 6.52. The molecule has 0 spiro atoms. The first-order valence-electron chi connectivity index (χ1n) is 6.09. The molecule has 1 saturated carbocycles. The number of rotatable bonds is 6. The second kappa shape index (κ2) is 4.68. The van der Waals surface area contributed by atoms with Gasteiger partial charge in [0.1, 0.15) is 5.82 Å². The molecule has 2 N–H and O–H groups in total. The number of nitrogens with zero attached hydrogens (tertiary/aromatic N) is 2. The molecular weight excluding hydrogens is 200 g/mol. The number of aromatic nitrogens is 2. The minimum atomic E-state index is 0.545. The Bertz CT molecular complexity index is 347. The Morgan fingerprint density at radius 2 is 2.12 bits per heavy atom. The second-order valence-electron chi connectivity index (χ2n) is 4.50.